The van der Waals surface area contributed by atoms with Gasteiger partial charge >= 0.3 is 6.03 Å². The Bertz CT molecular complexity index is 518. The third kappa shape index (κ3) is 4.05. The Balaban J connectivity index is 2.18. The average molecular weight is 326 g/mol. The van der Waals surface area contributed by atoms with Crippen LogP contribution in [0.4, 0.5) is 16.2 Å². The predicted octanol–water partition coefficient (Wildman–Crippen LogP) is 3.17. The zero-order valence-corrected chi connectivity index (χ0v) is 13.9. The SMILES string of the molecule is C[C@H](CO)N(C)C(=O)Nc1cc(Cl)ccc1N1CCCCC1. The maximum atomic E-state index is 12.3. The van der Waals surface area contributed by atoms with Crippen molar-refractivity contribution in [2.45, 2.75) is 32.2 Å². The molecule has 0 aromatic heterocycles. The number of aliphatic hydroxyl groups is 1. The van der Waals surface area contributed by atoms with E-state index in [1.807, 2.05) is 12.1 Å². The quantitative estimate of drug-likeness (QED) is 0.894. The van der Waals surface area contributed by atoms with Crippen LogP contribution in [0.15, 0.2) is 18.2 Å². The summed E-state index contributed by atoms with van der Waals surface area (Å²) in [5, 5.41) is 12.7. The van der Waals surface area contributed by atoms with Gasteiger partial charge in [0.05, 0.1) is 24.0 Å². The van der Waals surface area contributed by atoms with Crippen molar-refractivity contribution in [1.29, 1.82) is 0 Å². The number of anilines is 2. The van der Waals surface area contributed by atoms with Gasteiger partial charge in [0, 0.05) is 25.2 Å². The first-order valence-electron chi connectivity index (χ1n) is 7.72. The van der Waals surface area contributed by atoms with E-state index in [9.17, 15) is 9.90 Å². The molecular weight excluding hydrogens is 302 g/mol. The van der Waals surface area contributed by atoms with Gasteiger partial charge in [-0.2, -0.15) is 0 Å². The first-order valence-corrected chi connectivity index (χ1v) is 8.10. The van der Waals surface area contributed by atoms with Gasteiger partial charge < -0.3 is 20.2 Å². The number of urea groups is 1. The van der Waals surface area contributed by atoms with E-state index in [1.165, 1.54) is 11.3 Å². The van der Waals surface area contributed by atoms with E-state index < -0.39 is 0 Å². The molecule has 2 amide bonds. The lowest BCUT2D eigenvalue weighted by Gasteiger charge is -2.31. The van der Waals surface area contributed by atoms with Crippen LogP contribution in [0.2, 0.25) is 5.02 Å². The molecule has 0 saturated carbocycles. The Kier molecular flexibility index (Phi) is 5.91. The number of carbonyl (C=O) groups is 1. The van der Waals surface area contributed by atoms with E-state index in [2.05, 4.69) is 10.2 Å². The van der Waals surface area contributed by atoms with Crippen LogP contribution in [-0.2, 0) is 0 Å². The van der Waals surface area contributed by atoms with Crippen LogP contribution in [-0.4, -0.2) is 48.8 Å². The second-order valence-electron chi connectivity index (χ2n) is 5.78. The summed E-state index contributed by atoms with van der Waals surface area (Å²) in [5.74, 6) is 0. The molecule has 0 radical (unpaired) electrons. The molecule has 6 heteroatoms. The highest BCUT2D eigenvalue weighted by Crippen LogP contribution is 2.31. The van der Waals surface area contributed by atoms with E-state index >= 15 is 0 Å². The molecule has 122 valence electrons. The fraction of sp³-hybridized carbons (Fsp3) is 0.562. The highest BCUT2D eigenvalue weighted by Gasteiger charge is 2.19. The van der Waals surface area contributed by atoms with Gasteiger partial charge in [0.25, 0.3) is 0 Å². The second-order valence-corrected chi connectivity index (χ2v) is 6.22. The predicted molar refractivity (Wildman–Crippen MR) is 90.8 cm³/mol. The number of nitrogens with zero attached hydrogens (tertiary/aromatic N) is 2. The Morgan fingerprint density at radius 3 is 2.73 bits per heavy atom. The summed E-state index contributed by atoms with van der Waals surface area (Å²) in [7, 11) is 1.67. The van der Waals surface area contributed by atoms with E-state index in [0.717, 1.165) is 37.3 Å². The van der Waals surface area contributed by atoms with Gasteiger partial charge in [0.15, 0.2) is 0 Å². The number of amides is 2. The van der Waals surface area contributed by atoms with Gasteiger partial charge in [0.2, 0.25) is 0 Å². The number of hydrogen-bond acceptors (Lipinski definition) is 3. The lowest BCUT2D eigenvalue weighted by Crippen LogP contribution is -2.40. The summed E-state index contributed by atoms with van der Waals surface area (Å²) < 4.78 is 0. The molecule has 1 fully saturated rings. The molecule has 0 aliphatic carbocycles. The molecule has 22 heavy (non-hydrogen) atoms. The molecule has 2 rings (SSSR count). The van der Waals surface area contributed by atoms with Crippen molar-refractivity contribution >= 4 is 29.0 Å². The maximum Gasteiger partial charge on any atom is 0.321 e. The zero-order valence-electron chi connectivity index (χ0n) is 13.2. The lowest BCUT2D eigenvalue weighted by atomic mass is 10.1. The number of piperidine rings is 1. The monoisotopic (exact) mass is 325 g/mol. The number of nitrogens with one attached hydrogen (secondary N) is 1. The van der Waals surface area contributed by atoms with E-state index in [-0.39, 0.29) is 18.7 Å². The standard InChI is InChI=1S/C16H24ClN3O2/c1-12(11-21)19(2)16(22)18-14-10-13(17)6-7-15(14)20-8-4-3-5-9-20/h6-7,10,12,21H,3-5,8-9,11H2,1-2H3,(H,18,22)/t12-/m1/s1. The van der Waals surface area contributed by atoms with Gasteiger partial charge in [-0.1, -0.05) is 11.6 Å². The third-order valence-electron chi connectivity index (χ3n) is 4.14. The van der Waals surface area contributed by atoms with Crippen LogP contribution in [0.3, 0.4) is 0 Å². The van der Waals surface area contributed by atoms with Crippen LogP contribution in [0.1, 0.15) is 26.2 Å². The normalized spacial score (nSPS) is 16.3. The number of halogens is 1. The topological polar surface area (TPSA) is 55.8 Å². The summed E-state index contributed by atoms with van der Waals surface area (Å²) in [6, 6.07) is 5.10. The Morgan fingerprint density at radius 1 is 1.41 bits per heavy atom. The minimum Gasteiger partial charge on any atom is -0.394 e. The molecular formula is C16H24ClN3O2. The summed E-state index contributed by atoms with van der Waals surface area (Å²) in [5.41, 5.74) is 1.72. The lowest BCUT2D eigenvalue weighted by molar-refractivity contribution is 0.166. The summed E-state index contributed by atoms with van der Waals surface area (Å²) >= 11 is 6.09. The number of hydrogen-bond donors (Lipinski definition) is 2. The largest absolute Gasteiger partial charge is 0.394 e. The van der Waals surface area contributed by atoms with Crippen LogP contribution >= 0.6 is 11.6 Å². The van der Waals surface area contributed by atoms with E-state index in [4.69, 9.17) is 11.6 Å². The second kappa shape index (κ2) is 7.70. The minimum absolute atomic E-state index is 0.0710. The molecule has 1 aliphatic heterocycles. The number of carbonyl (C=O) groups excluding carboxylic acids is 1. The van der Waals surface area contributed by atoms with Crippen molar-refractivity contribution < 1.29 is 9.90 Å². The fourth-order valence-electron chi connectivity index (χ4n) is 2.54. The molecule has 1 atom stereocenters. The molecule has 0 spiro atoms. The molecule has 1 aliphatic rings. The van der Waals surface area contributed by atoms with Crippen molar-refractivity contribution in [3.05, 3.63) is 23.2 Å². The Hall–Kier alpha value is -1.46. The smallest absolute Gasteiger partial charge is 0.321 e. The molecule has 0 bridgehead atoms. The van der Waals surface area contributed by atoms with Gasteiger partial charge in [-0.15, -0.1) is 0 Å². The van der Waals surface area contributed by atoms with Crippen LogP contribution in [0, 0.1) is 0 Å². The third-order valence-corrected chi connectivity index (χ3v) is 4.38. The maximum absolute atomic E-state index is 12.3. The summed E-state index contributed by atoms with van der Waals surface area (Å²) in [4.78, 5) is 16.1. The van der Waals surface area contributed by atoms with Crippen molar-refractivity contribution in [1.82, 2.24) is 4.90 Å². The number of rotatable bonds is 4. The highest BCUT2D eigenvalue weighted by molar-refractivity contribution is 6.31. The van der Waals surface area contributed by atoms with E-state index in [1.54, 1.807) is 20.0 Å². The molecule has 1 heterocycles. The van der Waals surface area contributed by atoms with Gasteiger partial charge in [-0.25, -0.2) is 4.79 Å². The molecule has 1 saturated heterocycles. The van der Waals surface area contributed by atoms with Crippen molar-refractivity contribution in [3.63, 3.8) is 0 Å². The summed E-state index contributed by atoms with van der Waals surface area (Å²) in [6.07, 6.45) is 3.58. The van der Waals surface area contributed by atoms with Gasteiger partial charge in [0.1, 0.15) is 0 Å². The molecule has 5 nitrogen and oxygen atoms in total. The number of aliphatic hydroxyl groups excluding tert-OH is 1. The van der Waals surface area contributed by atoms with Crippen molar-refractivity contribution in [3.8, 4) is 0 Å². The highest BCUT2D eigenvalue weighted by atomic mass is 35.5. The number of likely N-dealkylation sites (N-methyl/N-ethyl adjacent to an activating group) is 1. The van der Waals surface area contributed by atoms with Crippen molar-refractivity contribution in [2.24, 2.45) is 0 Å². The zero-order chi connectivity index (χ0) is 16.1. The first kappa shape index (κ1) is 16.9. The minimum atomic E-state index is -0.248. The molecule has 1 aromatic carbocycles. The Morgan fingerprint density at radius 2 is 2.09 bits per heavy atom. The van der Waals surface area contributed by atoms with Gasteiger partial charge in [-0.05, 0) is 44.4 Å². The molecule has 2 N–H and O–H groups in total. The summed E-state index contributed by atoms with van der Waals surface area (Å²) in [6.45, 7) is 3.71. The first-order chi connectivity index (χ1) is 10.5. The van der Waals surface area contributed by atoms with Crippen LogP contribution < -0.4 is 10.2 Å². The average Bonchev–Trinajstić information content (AvgIpc) is 2.54. The van der Waals surface area contributed by atoms with Crippen molar-refractivity contribution in [2.75, 3.05) is 37.0 Å². The molecule has 0 unspecified atom stereocenters. The van der Waals surface area contributed by atoms with Gasteiger partial charge in [-0.3, -0.25) is 0 Å². The fourth-order valence-corrected chi connectivity index (χ4v) is 2.72. The van der Waals surface area contributed by atoms with E-state index in [0.29, 0.717) is 5.02 Å². The number of benzene rings is 1. The van der Waals surface area contributed by atoms with Crippen LogP contribution in [0.5, 0.6) is 0 Å². The Labute approximate surface area is 136 Å². The molecule has 1 aromatic rings. The van der Waals surface area contributed by atoms with Crippen LogP contribution in [0.25, 0.3) is 0 Å².